The summed E-state index contributed by atoms with van der Waals surface area (Å²) in [5, 5.41) is 0. The summed E-state index contributed by atoms with van der Waals surface area (Å²) in [4.78, 5) is 2.83. The van der Waals surface area contributed by atoms with Gasteiger partial charge in [-0.1, -0.05) is 36.4 Å². The molecular formula is C20H24N2O2S2. The molecule has 4 rings (SSSR count). The van der Waals surface area contributed by atoms with E-state index in [4.69, 9.17) is 0 Å². The Morgan fingerprint density at radius 2 is 1.58 bits per heavy atom. The van der Waals surface area contributed by atoms with Gasteiger partial charge in [0.15, 0.2) is 0 Å². The minimum atomic E-state index is -3.44. The molecule has 2 heterocycles. The Morgan fingerprint density at radius 3 is 2.31 bits per heavy atom. The van der Waals surface area contributed by atoms with Gasteiger partial charge in [0.2, 0.25) is 10.0 Å². The van der Waals surface area contributed by atoms with Crippen molar-refractivity contribution >= 4 is 21.8 Å². The average molecular weight is 389 g/mol. The van der Waals surface area contributed by atoms with Crippen molar-refractivity contribution in [3.8, 4) is 0 Å². The lowest BCUT2D eigenvalue weighted by molar-refractivity contribution is 0.294. The summed E-state index contributed by atoms with van der Waals surface area (Å²) in [6.07, 6.45) is 0.778. The first-order valence-corrected chi connectivity index (χ1v) is 11.7. The SMILES string of the molecule is O=S(=O)(c1ccc(CN2CCSCC2)cc1)N1CCc2ccccc2C1. The molecular weight excluding hydrogens is 364 g/mol. The molecule has 0 aliphatic carbocycles. The third-order valence-electron chi connectivity index (χ3n) is 5.17. The fourth-order valence-electron chi connectivity index (χ4n) is 3.61. The molecule has 4 nitrogen and oxygen atoms in total. The summed E-state index contributed by atoms with van der Waals surface area (Å²) in [7, 11) is -3.44. The maximum atomic E-state index is 13.0. The van der Waals surface area contributed by atoms with Crippen LogP contribution >= 0.6 is 11.8 Å². The van der Waals surface area contributed by atoms with E-state index in [1.165, 1.54) is 22.6 Å². The van der Waals surface area contributed by atoms with Gasteiger partial charge in [0.1, 0.15) is 0 Å². The smallest absolute Gasteiger partial charge is 0.243 e. The third kappa shape index (κ3) is 3.83. The molecule has 0 N–H and O–H groups in total. The van der Waals surface area contributed by atoms with Crippen molar-refractivity contribution in [1.29, 1.82) is 0 Å². The maximum absolute atomic E-state index is 13.0. The van der Waals surface area contributed by atoms with Crippen molar-refractivity contribution in [2.45, 2.75) is 24.4 Å². The van der Waals surface area contributed by atoms with Crippen LogP contribution in [-0.2, 0) is 29.5 Å². The fraction of sp³-hybridized carbons (Fsp3) is 0.400. The standard InChI is InChI=1S/C20H24N2O2S2/c23-26(24,22-10-9-18-3-1-2-4-19(18)16-22)20-7-5-17(6-8-20)15-21-11-13-25-14-12-21/h1-8H,9-16H2. The highest BCUT2D eigenvalue weighted by Gasteiger charge is 2.28. The second kappa shape index (κ2) is 7.72. The van der Waals surface area contributed by atoms with Crippen LogP contribution in [0, 0.1) is 0 Å². The first kappa shape index (κ1) is 18.0. The Hall–Kier alpha value is -1.34. The largest absolute Gasteiger partial charge is 0.297 e. The van der Waals surface area contributed by atoms with Crippen molar-refractivity contribution in [3.63, 3.8) is 0 Å². The molecule has 0 spiro atoms. The fourth-order valence-corrected chi connectivity index (χ4v) is 6.01. The Morgan fingerprint density at radius 1 is 0.885 bits per heavy atom. The van der Waals surface area contributed by atoms with Crippen molar-refractivity contribution < 1.29 is 8.42 Å². The number of sulfonamides is 1. The van der Waals surface area contributed by atoms with E-state index in [1.54, 1.807) is 16.4 Å². The van der Waals surface area contributed by atoms with Gasteiger partial charge in [-0.2, -0.15) is 16.1 Å². The van der Waals surface area contributed by atoms with Crippen LogP contribution in [0.3, 0.4) is 0 Å². The minimum absolute atomic E-state index is 0.398. The Labute approximate surface area is 160 Å². The molecule has 2 aromatic carbocycles. The lowest BCUT2D eigenvalue weighted by Crippen LogP contribution is -2.36. The number of nitrogens with zero attached hydrogens (tertiary/aromatic N) is 2. The van der Waals surface area contributed by atoms with Crippen LogP contribution in [0.4, 0.5) is 0 Å². The van der Waals surface area contributed by atoms with Crippen LogP contribution in [0.25, 0.3) is 0 Å². The van der Waals surface area contributed by atoms with Gasteiger partial charge in [0.05, 0.1) is 4.90 Å². The van der Waals surface area contributed by atoms with E-state index >= 15 is 0 Å². The Kier molecular flexibility index (Phi) is 5.36. The lowest BCUT2D eigenvalue weighted by atomic mass is 10.0. The molecule has 2 aliphatic rings. The molecule has 138 valence electrons. The predicted octanol–water partition coefficient (Wildman–Crippen LogP) is 2.98. The number of hydrogen-bond acceptors (Lipinski definition) is 4. The molecule has 6 heteroatoms. The molecule has 1 saturated heterocycles. The number of fused-ring (bicyclic) bond motifs is 1. The number of benzene rings is 2. The van der Waals surface area contributed by atoms with Crippen molar-refractivity contribution in [2.75, 3.05) is 31.1 Å². The van der Waals surface area contributed by atoms with Gasteiger partial charge in [-0.3, -0.25) is 4.90 Å². The van der Waals surface area contributed by atoms with Gasteiger partial charge < -0.3 is 0 Å². The second-order valence-electron chi connectivity index (χ2n) is 6.89. The molecule has 0 amide bonds. The number of hydrogen-bond donors (Lipinski definition) is 0. The molecule has 0 radical (unpaired) electrons. The van der Waals surface area contributed by atoms with Crippen molar-refractivity contribution in [1.82, 2.24) is 9.21 Å². The van der Waals surface area contributed by atoms with E-state index in [0.29, 0.717) is 18.0 Å². The van der Waals surface area contributed by atoms with Crippen LogP contribution < -0.4 is 0 Å². The minimum Gasteiger partial charge on any atom is -0.297 e. The summed E-state index contributed by atoms with van der Waals surface area (Å²) >= 11 is 2.00. The normalized spacial score (nSPS) is 19.2. The van der Waals surface area contributed by atoms with Crippen molar-refractivity contribution in [3.05, 3.63) is 65.2 Å². The quantitative estimate of drug-likeness (QED) is 0.807. The van der Waals surface area contributed by atoms with Crippen LogP contribution in [0.15, 0.2) is 53.4 Å². The highest BCUT2D eigenvalue weighted by atomic mass is 32.2. The molecule has 2 aromatic rings. The summed E-state index contributed by atoms with van der Waals surface area (Å²) in [5.74, 6) is 2.37. The zero-order valence-electron chi connectivity index (χ0n) is 14.8. The highest BCUT2D eigenvalue weighted by Crippen LogP contribution is 2.25. The highest BCUT2D eigenvalue weighted by molar-refractivity contribution is 7.99. The van der Waals surface area contributed by atoms with E-state index < -0.39 is 10.0 Å². The van der Waals surface area contributed by atoms with E-state index in [9.17, 15) is 8.42 Å². The first-order valence-electron chi connectivity index (χ1n) is 9.09. The summed E-state index contributed by atoms with van der Waals surface area (Å²) in [5.41, 5.74) is 3.55. The van der Waals surface area contributed by atoms with Crippen LogP contribution in [-0.4, -0.2) is 48.8 Å². The van der Waals surface area contributed by atoms with Gasteiger partial charge in [-0.25, -0.2) is 8.42 Å². The van der Waals surface area contributed by atoms with Gasteiger partial charge in [-0.05, 0) is 35.2 Å². The second-order valence-corrected chi connectivity index (χ2v) is 10.1. The van der Waals surface area contributed by atoms with Gasteiger partial charge in [0, 0.05) is 44.2 Å². The van der Waals surface area contributed by atoms with E-state index in [0.717, 1.165) is 31.6 Å². The average Bonchev–Trinajstić information content (AvgIpc) is 2.69. The van der Waals surface area contributed by atoms with Crippen molar-refractivity contribution in [2.24, 2.45) is 0 Å². The zero-order chi connectivity index (χ0) is 18.0. The summed E-state index contributed by atoms with van der Waals surface area (Å²) < 4.78 is 27.6. The van der Waals surface area contributed by atoms with E-state index in [1.807, 2.05) is 42.1 Å². The van der Waals surface area contributed by atoms with Crippen LogP contribution in [0.2, 0.25) is 0 Å². The zero-order valence-corrected chi connectivity index (χ0v) is 16.4. The molecule has 0 aromatic heterocycles. The molecule has 0 saturated carbocycles. The Balaban J connectivity index is 1.48. The number of thioether (sulfide) groups is 1. The van der Waals surface area contributed by atoms with Crippen LogP contribution in [0.5, 0.6) is 0 Å². The summed E-state index contributed by atoms with van der Waals surface area (Å²) in [6.45, 7) is 4.13. The molecule has 0 bridgehead atoms. The third-order valence-corrected chi connectivity index (χ3v) is 7.97. The molecule has 1 fully saturated rings. The van der Waals surface area contributed by atoms with Gasteiger partial charge in [0.25, 0.3) is 0 Å². The molecule has 26 heavy (non-hydrogen) atoms. The first-order chi connectivity index (χ1) is 12.6. The monoisotopic (exact) mass is 388 g/mol. The van der Waals surface area contributed by atoms with Gasteiger partial charge in [-0.15, -0.1) is 0 Å². The topological polar surface area (TPSA) is 40.6 Å². The van der Waals surface area contributed by atoms with E-state index in [2.05, 4.69) is 11.0 Å². The van der Waals surface area contributed by atoms with Gasteiger partial charge >= 0.3 is 0 Å². The lowest BCUT2D eigenvalue weighted by Gasteiger charge is -2.28. The molecule has 0 atom stereocenters. The van der Waals surface area contributed by atoms with E-state index in [-0.39, 0.29) is 0 Å². The van der Waals surface area contributed by atoms with Crippen LogP contribution in [0.1, 0.15) is 16.7 Å². The molecule has 0 unspecified atom stereocenters. The Bertz CT molecular complexity index is 860. The maximum Gasteiger partial charge on any atom is 0.243 e. The molecule has 2 aliphatic heterocycles. The predicted molar refractivity (Wildman–Crippen MR) is 107 cm³/mol. The summed E-state index contributed by atoms with van der Waals surface area (Å²) in [6, 6.07) is 15.6. The number of rotatable bonds is 4.